The number of benzene rings is 2. The van der Waals surface area contributed by atoms with Gasteiger partial charge in [0.05, 0.1) is 5.69 Å². The Morgan fingerprint density at radius 1 is 1.00 bits per heavy atom. The largest absolute Gasteiger partial charge is 0.326 e. The lowest BCUT2D eigenvalue weighted by molar-refractivity contribution is -0.733. The summed E-state index contributed by atoms with van der Waals surface area (Å²) in [4.78, 5) is 41.7. The van der Waals surface area contributed by atoms with Crippen LogP contribution in [-0.4, -0.2) is 35.2 Å². The molecule has 2 saturated heterocycles. The molecule has 0 bridgehead atoms. The molecule has 3 N–H and O–H groups in total. The van der Waals surface area contributed by atoms with Crippen LogP contribution in [0.2, 0.25) is 0 Å². The van der Waals surface area contributed by atoms with Gasteiger partial charge in [-0.25, -0.2) is 0 Å². The lowest BCUT2D eigenvalue weighted by Crippen LogP contribution is -2.99. The predicted octanol–water partition coefficient (Wildman–Crippen LogP) is 1.42. The Balaban J connectivity index is 1.60. The average molecular weight is 404 g/mol. The highest BCUT2D eigenvalue weighted by atomic mass is 16.2. The molecule has 0 radical (unpaired) electrons. The Morgan fingerprint density at radius 2 is 1.73 bits per heavy atom. The number of carbonyl (C=O) groups is 3. The third kappa shape index (κ3) is 2.56. The molecule has 0 saturated carbocycles. The monoisotopic (exact) mass is 404 g/mol. The van der Waals surface area contributed by atoms with Gasteiger partial charge in [0.25, 0.3) is 5.91 Å². The number of carbonyl (C=O) groups excluding carboxylic acids is 3. The number of anilines is 1. The van der Waals surface area contributed by atoms with Crippen LogP contribution in [0.3, 0.4) is 0 Å². The maximum Gasteiger partial charge on any atom is 0.291 e. The molecule has 30 heavy (non-hydrogen) atoms. The van der Waals surface area contributed by atoms with E-state index >= 15 is 0 Å². The molecule has 0 aromatic heterocycles. The van der Waals surface area contributed by atoms with Gasteiger partial charge in [-0.15, -0.1) is 0 Å². The summed E-state index contributed by atoms with van der Waals surface area (Å²) in [5, 5.41) is 4.97. The zero-order valence-electron chi connectivity index (χ0n) is 17.0. The summed E-state index contributed by atoms with van der Waals surface area (Å²) in [5.74, 6) is -1.67. The number of nitrogens with zero attached hydrogens (tertiary/aromatic N) is 1. The summed E-state index contributed by atoms with van der Waals surface area (Å²) in [6, 6.07) is 17.4. The number of hydrogen-bond donors (Lipinski definition) is 2. The number of unbranched alkanes of at least 4 members (excludes halogenated alkanes) is 1. The number of rotatable bonds is 5. The van der Waals surface area contributed by atoms with Crippen molar-refractivity contribution < 1.29 is 19.7 Å². The topological polar surface area (TPSA) is 83.1 Å². The molecule has 0 unspecified atom stereocenters. The molecule has 3 amide bonds. The fourth-order valence-corrected chi connectivity index (χ4v) is 5.59. The molecular formula is C24H26N3O3+. The Labute approximate surface area is 175 Å². The van der Waals surface area contributed by atoms with Crippen molar-refractivity contribution in [2.45, 2.75) is 37.8 Å². The summed E-state index contributed by atoms with van der Waals surface area (Å²) in [7, 11) is 0. The number of nitrogens with one attached hydrogen (secondary N) is 1. The number of quaternary nitrogens is 1. The highest BCUT2D eigenvalue weighted by molar-refractivity contribution is 6.13. The van der Waals surface area contributed by atoms with Gasteiger partial charge in [0.1, 0.15) is 17.9 Å². The van der Waals surface area contributed by atoms with E-state index < -0.39 is 17.4 Å². The number of hydrogen-bond acceptors (Lipinski definition) is 3. The van der Waals surface area contributed by atoms with Gasteiger partial charge in [-0.3, -0.25) is 19.3 Å². The first kappa shape index (κ1) is 19.0. The number of likely N-dealkylation sites (tertiary alicyclic amines) is 1. The predicted molar refractivity (Wildman–Crippen MR) is 111 cm³/mol. The van der Waals surface area contributed by atoms with Crippen LogP contribution in [0.1, 0.15) is 30.9 Å². The van der Waals surface area contributed by atoms with Crippen LogP contribution in [0.25, 0.3) is 0 Å². The van der Waals surface area contributed by atoms with E-state index in [0.717, 1.165) is 29.7 Å². The van der Waals surface area contributed by atoms with Gasteiger partial charge in [-0.05, 0) is 18.1 Å². The number of fused-ring (bicyclic) bond motifs is 4. The minimum atomic E-state index is -1.07. The Morgan fingerprint density at radius 3 is 2.50 bits per heavy atom. The van der Waals surface area contributed by atoms with E-state index in [4.69, 9.17) is 0 Å². The molecule has 4 atom stereocenters. The lowest BCUT2D eigenvalue weighted by Gasteiger charge is -2.26. The molecule has 154 valence electrons. The van der Waals surface area contributed by atoms with Crippen molar-refractivity contribution in [1.82, 2.24) is 4.90 Å². The molecule has 0 aliphatic carbocycles. The SMILES string of the molecule is CCCCN1C(=O)[C@H]2[C@@H](C1=O)[C@]1([NH2+][C@@H]2Cc2ccccc2)C(=O)Nc2ccccc21. The normalized spacial score (nSPS) is 29.4. The third-order valence-electron chi connectivity index (χ3n) is 6.92. The highest BCUT2D eigenvalue weighted by Gasteiger charge is 2.73. The Kier molecular flexibility index (Phi) is 4.47. The summed E-state index contributed by atoms with van der Waals surface area (Å²) >= 11 is 0. The van der Waals surface area contributed by atoms with Crippen molar-refractivity contribution in [3.8, 4) is 0 Å². The van der Waals surface area contributed by atoms with Crippen molar-refractivity contribution >= 4 is 23.4 Å². The zero-order valence-corrected chi connectivity index (χ0v) is 17.0. The van der Waals surface area contributed by atoms with E-state index in [2.05, 4.69) is 5.32 Å². The van der Waals surface area contributed by atoms with Gasteiger partial charge >= 0.3 is 0 Å². The standard InChI is InChI=1S/C24H25N3O3/c1-2-3-13-27-21(28)19-18(14-15-9-5-4-6-10-15)26-24(20(19)22(27)29)16-11-7-8-12-17(16)25-23(24)30/h4-12,18-20,26H,2-3,13-14H2,1H3,(H,25,30)/p+1/t18-,19-,20+,24+/m1/s1. The molecule has 6 nitrogen and oxygen atoms in total. The van der Waals surface area contributed by atoms with E-state index in [1.165, 1.54) is 4.90 Å². The van der Waals surface area contributed by atoms with Gasteiger partial charge in [-0.1, -0.05) is 61.9 Å². The van der Waals surface area contributed by atoms with Gasteiger partial charge in [0.2, 0.25) is 17.4 Å². The van der Waals surface area contributed by atoms with Crippen LogP contribution in [0.5, 0.6) is 0 Å². The number of nitrogens with two attached hydrogens (primary N) is 1. The molecule has 3 aliphatic rings. The Bertz CT molecular complexity index is 1020. The van der Waals surface area contributed by atoms with Crippen LogP contribution in [0.4, 0.5) is 5.69 Å². The molecule has 1 spiro atoms. The molecular weight excluding hydrogens is 378 g/mol. The first-order chi connectivity index (χ1) is 14.6. The van der Waals surface area contributed by atoms with E-state index in [-0.39, 0.29) is 23.8 Å². The fraction of sp³-hybridized carbons (Fsp3) is 0.375. The van der Waals surface area contributed by atoms with Crippen LogP contribution in [0.15, 0.2) is 54.6 Å². The van der Waals surface area contributed by atoms with Crippen molar-refractivity contribution in [3.63, 3.8) is 0 Å². The number of imide groups is 1. The van der Waals surface area contributed by atoms with Crippen LogP contribution in [-0.2, 0) is 26.3 Å². The molecule has 2 aromatic rings. The number of amides is 3. The third-order valence-corrected chi connectivity index (χ3v) is 6.92. The van der Waals surface area contributed by atoms with E-state index in [9.17, 15) is 14.4 Å². The summed E-state index contributed by atoms with van der Waals surface area (Å²) in [6.45, 7) is 2.47. The second-order valence-electron chi connectivity index (χ2n) is 8.57. The van der Waals surface area contributed by atoms with Crippen molar-refractivity contribution in [2.75, 3.05) is 11.9 Å². The highest BCUT2D eigenvalue weighted by Crippen LogP contribution is 2.49. The molecule has 3 heterocycles. The minimum absolute atomic E-state index is 0.121. The molecule has 2 fully saturated rings. The van der Waals surface area contributed by atoms with Gasteiger partial charge < -0.3 is 10.6 Å². The second-order valence-corrected chi connectivity index (χ2v) is 8.57. The quantitative estimate of drug-likeness (QED) is 0.740. The van der Waals surface area contributed by atoms with E-state index in [1.54, 1.807) is 0 Å². The van der Waals surface area contributed by atoms with Crippen LogP contribution < -0.4 is 10.6 Å². The molecule has 5 rings (SSSR count). The minimum Gasteiger partial charge on any atom is -0.326 e. The summed E-state index contributed by atoms with van der Waals surface area (Å²) < 4.78 is 0. The number of para-hydroxylation sites is 1. The maximum absolute atomic E-state index is 13.5. The molecule has 6 heteroatoms. The van der Waals surface area contributed by atoms with Gasteiger partial charge in [-0.2, -0.15) is 0 Å². The van der Waals surface area contributed by atoms with E-state index in [0.29, 0.717) is 13.0 Å². The average Bonchev–Trinajstić information content (AvgIpc) is 3.33. The van der Waals surface area contributed by atoms with Gasteiger partial charge in [0.15, 0.2) is 0 Å². The molecule has 2 aromatic carbocycles. The van der Waals surface area contributed by atoms with Crippen molar-refractivity contribution in [3.05, 3.63) is 65.7 Å². The van der Waals surface area contributed by atoms with E-state index in [1.807, 2.05) is 66.8 Å². The Hall–Kier alpha value is -2.99. The van der Waals surface area contributed by atoms with Crippen molar-refractivity contribution in [2.24, 2.45) is 11.8 Å². The van der Waals surface area contributed by atoms with Gasteiger partial charge in [0, 0.05) is 18.5 Å². The smallest absolute Gasteiger partial charge is 0.291 e. The maximum atomic E-state index is 13.5. The first-order valence-corrected chi connectivity index (χ1v) is 10.7. The van der Waals surface area contributed by atoms with Crippen molar-refractivity contribution in [1.29, 1.82) is 0 Å². The second kappa shape index (κ2) is 7.06. The fourth-order valence-electron chi connectivity index (χ4n) is 5.59. The first-order valence-electron chi connectivity index (χ1n) is 10.7. The lowest BCUT2D eigenvalue weighted by atomic mass is 9.76. The summed E-state index contributed by atoms with van der Waals surface area (Å²) in [6.07, 6.45) is 2.32. The van der Waals surface area contributed by atoms with Crippen LogP contribution >= 0.6 is 0 Å². The zero-order chi connectivity index (χ0) is 20.9. The van der Waals surface area contributed by atoms with Crippen LogP contribution in [0, 0.1) is 11.8 Å². The summed E-state index contributed by atoms with van der Waals surface area (Å²) in [5.41, 5.74) is 1.59. The molecule has 3 aliphatic heterocycles.